The lowest BCUT2D eigenvalue weighted by molar-refractivity contribution is -0.137. The zero-order valence-electron chi connectivity index (χ0n) is 9.13. The number of ether oxygens (including phenoxy) is 1. The maximum Gasteiger partial charge on any atom is 0.303 e. The van der Waals surface area contributed by atoms with Crippen molar-refractivity contribution in [3.63, 3.8) is 0 Å². The van der Waals surface area contributed by atoms with Gasteiger partial charge in [0, 0.05) is 6.42 Å². The van der Waals surface area contributed by atoms with Crippen molar-refractivity contribution >= 4 is 5.97 Å². The zero-order valence-corrected chi connectivity index (χ0v) is 9.13. The molecule has 0 radical (unpaired) electrons. The van der Waals surface area contributed by atoms with Crippen LogP contribution in [0.5, 0.6) is 0 Å². The first-order valence-corrected chi connectivity index (χ1v) is 5.59. The molecule has 0 heterocycles. The van der Waals surface area contributed by atoms with Gasteiger partial charge in [0.2, 0.25) is 0 Å². The lowest BCUT2D eigenvalue weighted by Gasteiger charge is -2.03. The van der Waals surface area contributed by atoms with Gasteiger partial charge in [0.05, 0.1) is 13.2 Å². The summed E-state index contributed by atoms with van der Waals surface area (Å²) in [6.07, 6.45) is 1.29. The van der Waals surface area contributed by atoms with Crippen LogP contribution in [0.4, 0.5) is 0 Å². The van der Waals surface area contributed by atoms with Crippen LogP contribution in [0.2, 0.25) is 0 Å². The average molecular weight is 220 g/mol. The van der Waals surface area contributed by atoms with Gasteiger partial charge < -0.3 is 9.84 Å². The van der Waals surface area contributed by atoms with E-state index in [1.54, 1.807) is 0 Å². The fraction of sp³-hybridized carbons (Fsp3) is 0.462. The first kappa shape index (κ1) is 11.1. The molecule has 1 aromatic rings. The topological polar surface area (TPSA) is 46.5 Å². The Morgan fingerprint density at radius 3 is 2.75 bits per heavy atom. The Bertz CT molecular complexity index is 347. The third kappa shape index (κ3) is 3.35. The number of carboxylic acid groups (broad SMARTS) is 1. The summed E-state index contributed by atoms with van der Waals surface area (Å²) in [5.41, 5.74) is 1.16. The number of rotatable bonds is 6. The second kappa shape index (κ2) is 5.12. The van der Waals surface area contributed by atoms with E-state index in [9.17, 15) is 4.79 Å². The molecule has 0 aromatic heterocycles. The monoisotopic (exact) mass is 220 g/mol. The molecule has 0 unspecified atom stereocenters. The van der Waals surface area contributed by atoms with E-state index in [1.165, 1.54) is 0 Å². The molecular weight excluding hydrogens is 204 g/mol. The Morgan fingerprint density at radius 2 is 2.06 bits per heavy atom. The van der Waals surface area contributed by atoms with Crippen LogP contribution in [-0.4, -0.2) is 17.7 Å². The fourth-order valence-electron chi connectivity index (χ4n) is 1.89. The van der Waals surface area contributed by atoms with E-state index in [0.717, 1.165) is 12.0 Å². The SMILES string of the molecule is O=C(O)C[C@H]1C[C@@H]1COCc1ccccc1. The Morgan fingerprint density at radius 1 is 1.31 bits per heavy atom. The molecule has 2 atom stereocenters. The van der Waals surface area contributed by atoms with Gasteiger partial charge >= 0.3 is 5.97 Å². The molecule has 1 aliphatic rings. The fourth-order valence-corrected chi connectivity index (χ4v) is 1.89. The van der Waals surface area contributed by atoms with Crippen LogP contribution >= 0.6 is 0 Å². The van der Waals surface area contributed by atoms with E-state index < -0.39 is 5.97 Å². The van der Waals surface area contributed by atoms with Gasteiger partial charge in [-0.15, -0.1) is 0 Å². The molecule has 2 rings (SSSR count). The molecule has 16 heavy (non-hydrogen) atoms. The third-order valence-electron chi connectivity index (χ3n) is 2.95. The molecule has 0 spiro atoms. The highest BCUT2D eigenvalue weighted by Crippen LogP contribution is 2.41. The molecule has 1 aliphatic carbocycles. The first-order chi connectivity index (χ1) is 7.75. The summed E-state index contributed by atoms with van der Waals surface area (Å²) in [6, 6.07) is 10.0. The summed E-state index contributed by atoms with van der Waals surface area (Å²) in [5.74, 6) is 0.101. The Balaban J connectivity index is 1.62. The van der Waals surface area contributed by atoms with E-state index in [1.807, 2.05) is 30.3 Å². The molecule has 0 bridgehead atoms. The van der Waals surface area contributed by atoms with Crippen LogP contribution in [-0.2, 0) is 16.1 Å². The van der Waals surface area contributed by atoms with Crippen LogP contribution in [0.3, 0.4) is 0 Å². The highest BCUT2D eigenvalue weighted by atomic mass is 16.5. The minimum absolute atomic E-state index is 0.291. The van der Waals surface area contributed by atoms with Gasteiger partial charge in [0.15, 0.2) is 0 Å². The highest BCUT2D eigenvalue weighted by molar-refractivity contribution is 5.67. The van der Waals surface area contributed by atoms with Gasteiger partial charge in [0.1, 0.15) is 0 Å². The van der Waals surface area contributed by atoms with Crippen molar-refractivity contribution in [2.75, 3.05) is 6.61 Å². The van der Waals surface area contributed by atoms with E-state index in [0.29, 0.717) is 31.5 Å². The van der Waals surface area contributed by atoms with Crippen molar-refractivity contribution in [3.8, 4) is 0 Å². The molecule has 0 aliphatic heterocycles. The van der Waals surface area contributed by atoms with E-state index >= 15 is 0 Å². The number of carboxylic acids is 1. The standard InChI is InChI=1S/C13H16O3/c14-13(15)7-11-6-12(11)9-16-8-10-4-2-1-3-5-10/h1-5,11-12H,6-9H2,(H,14,15)/t11-,12-/m1/s1. The van der Waals surface area contributed by atoms with Crippen molar-refractivity contribution in [2.24, 2.45) is 11.8 Å². The second-order valence-electron chi connectivity index (χ2n) is 4.35. The van der Waals surface area contributed by atoms with Crippen LogP contribution < -0.4 is 0 Å². The summed E-state index contributed by atoms with van der Waals surface area (Å²) in [6.45, 7) is 1.31. The van der Waals surface area contributed by atoms with E-state index in [2.05, 4.69) is 0 Å². The van der Waals surface area contributed by atoms with Crippen molar-refractivity contribution in [1.82, 2.24) is 0 Å². The molecule has 3 heteroatoms. The lowest BCUT2D eigenvalue weighted by atomic mass is 10.2. The van der Waals surface area contributed by atoms with E-state index in [-0.39, 0.29) is 0 Å². The predicted octanol–water partition coefficient (Wildman–Crippen LogP) is 2.31. The van der Waals surface area contributed by atoms with Gasteiger partial charge in [-0.25, -0.2) is 0 Å². The normalized spacial score (nSPS) is 23.0. The Labute approximate surface area is 95.0 Å². The quantitative estimate of drug-likeness (QED) is 0.800. The largest absolute Gasteiger partial charge is 0.481 e. The average Bonchev–Trinajstić information content (AvgIpc) is 2.97. The molecule has 0 saturated heterocycles. The van der Waals surface area contributed by atoms with Crippen molar-refractivity contribution < 1.29 is 14.6 Å². The minimum Gasteiger partial charge on any atom is -0.481 e. The van der Waals surface area contributed by atoms with E-state index in [4.69, 9.17) is 9.84 Å². The molecule has 1 fully saturated rings. The predicted molar refractivity (Wildman–Crippen MR) is 59.9 cm³/mol. The van der Waals surface area contributed by atoms with Gasteiger partial charge in [-0.3, -0.25) is 4.79 Å². The highest BCUT2D eigenvalue weighted by Gasteiger charge is 2.38. The minimum atomic E-state index is -0.699. The van der Waals surface area contributed by atoms with Gasteiger partial charge in [-0.05, 0) is 23.8 Å². The van der Waals surface area contributed by atoms with Gasteiger partial charge in [-0.2, -0.15) is 0 Å². The summed E-state index contributed by atoms with van der Waals surface area (Å²) in [5, 5.41) is 8.60. The number of carbonyl (C=O) groups is 1. The van der Waals surface area contributed by atoms with Gasteiger partial charge in [0.25, 0.3) is 0 Å². The molecule has 1 N–H and O–H groups in total. The third-order valence-corrected chi connectivity index (χ3v) is 2.95. The van der Waals surface area contributed by atoms with Crippen molar-refractivity contribution in [2.45, 2.75) is 19.4 Å². The number of benzene rings is 1. The van der Waals surface area contributed by atoms with Crippen LogP contribution in [0, 0.1) is 11.8 Å². The molecule has 0 amide bonds. The summed E-state index contributed by atoms with van der Waals surface area (Å²) in [4.78, 5) is 10.4. The number of aliphatic carboxylic acids is 1. The smallest absolute Gasteiger partial charge is 0.303 e. The Hall–Kier alpha value is -1.35. The Kier molecular flexibility index (Phi) is 3.57. The first-order valence-electron chi connectivity index (χ1n) is 5.59. The molecule has 1 saturated carbocycles. The van der Waals surface area contributed by atoms with Crippen LogP contribution in [0.15, 0.2) is 30.3 Å². The molecular formula is C13H16O3. The molecule has 1 aromatic carbocycles. The summed E-state index contributed by atoms with van der Waals surface area (Å²) in [7, 11) is 0. The number of hydrogen-bond acceptors (Lipinski definition) is 2. The lowest BCUT2D eigenvalue weighted by Crippen LogP contribution is -2.02. The maximum absolute atomic E-state index is 10.4. The number of hydrogen-bond donors (Lipinski definition) is 1. The van der Waals surface area contributed by atoms with Crippen molar-refractivity contribution in [3.05, 3.63) is 35.9 Å². The molecule has 86 valence electrons. The zero-order chi connectivity index (χ0) is 11.4. The maximum atomic E-state index is 10.4. The summed E-state index contributed by atoms with van der Waals surface area (Å²) < 4.78 is 5.56. The van der Waals surface area contributed by atoms with Crippen molar-refractivity contribution in [1.29, 1.82) is 0 Å². The molecule has 3 nitrogen and oxygen atoms in total. The second-order valence-corrected chi connectivity index (χ2v) is 4.35. The van der Waals surface area contributed by atoms with Crippen LogP contribution in [0.25, 0.3) is 0 Å². The van der Waals surface area contributed by atoms with Gasteiger partial charge in [-0.1, -0.05) is 30.3 Å². The van der Waals surface area contributed by atoms with Crippen LogP contribution in [0.1, 0.15) is 18.4 Å². The summed E-state index contributed by atoms with van der Waals surface area (Å²) >= 11 is 0.